The molecule has 0 fully saturated rings. The Morgan fingerprint density at radius 1 is 1.11 bits per heavy atom. The molecule has 28 heavy (non-hydrogen) atoms. The molecule has 0 radical (unpaired) electrons. The van der Waals surface area contributed by atoms with E-state index >= 15 is 0 Å². The van der Waals surface area contributed by atoms with Gasteiger partial charge in [-0.25, -0.2) is 4.68 Å². The van der Waals surface area contributed by atoms with Gasteiger partial charge in [0.25, 0.3) is 12.0 Å². The molecule has 0 aliphatic carbocycles. The van der Waals surface area contributed by atoms with Crippen LogP contribution in [-0.2, 0) is 9.53 Å². The lowest BCUT2D eigenvalue weighted by Gasteiger charge is -2.14. The van der Waals surface area contributed by atoms with Crippen LogP contribution < -0.4 is 5.56 Å². The maximum atomic E-state index is 12.6. The molecule has 7 nitrogen and oxygen atoms in total. The van der Waals surface area contributed by atoms with Gasteiger partial charge < -0.3 is 4.74 Å². The number of benzene rings is 2. The summed E-state index contributed by atoms with van der Waals surface area (Å²) in [5.41, 5.74) is 2.89. The zero-order valence-corrected chi connectivity index (χ0v) is 15.8. The standard InChI is InChI=1S/C21H22N4O3/c1-3-7-19(28-14-26)16-10-12-17(13-11-16)22-23-20-15(2)24-25(21(20)27)18-8-5-4-6-9-18/h4-6,8-14,19,24H,3,7H2,1-2H3. The Kier molecular flexibility index (Phi) is 6.16. The molecular formula is C21H22N4O3. The molecule has 0 spiro atoms. The number of hydrogen-bond donors (Lipinski definition) is 1. The number of nitrogens with one attached hydrogen (secondary N) is 1. The summed E-state index contributed by atoms with van der Waals surface area (Å²) in [7, 11) is 0. The quantitative estimate of drug-likeness (QED) is 0.446. The van der Waals surface area contributed by atoms with Gasteiger partial charge in [-0.1, -0.05) is 43.7 Å². The van der Waals surface area contributed by atoms with E-state index in [-0.39, 0.29) is 17.4 Å². The van der Waals surface area contributed by atoms with Gasteiger partial charge in [0.2, 0.25) is 0 Å². The van der Waals surface area contributed by atoms with E-state index in [2.05, 4.69) is 15.3 Å². The van der Waals surface area contributed by atoms with E-state index in [4.69, 9.17) is 4.74 Å². The van der Waals surface area contributed by atoms with Gasteiger partial charge >= 0.3 is 0 Å². The summed E-state index contributed by atoms with van der Waals surface area (Å²) < 4.78 is 6.57. The Morgan fingerprint density at radius 3 is 2.46 bits per heavy atom. The Labute approximate surface area is 162 Å². The van der Waals surface area contributed by atoms with Gasteiger partial charge in [-0.15, -0.1) is 5.11 Å². The van der Waals surface area contributed by atoms with Gasteiger partial charge in [0, 0.05) is 0 Å². The number of aromatic amines is 1. The second-order valence-corrected chi connectivity index (χ2v) is 6.36. The molecule has 1 atom stereocenters. The van der Waals surface area contributed by atoms with Crippen molar-refractivity contribution < 1.29 is 9.53 Å². The summed E-state index contributed by atoms with van der Waals surface area (Å²) in [5.74, 6) is 0. The second-order valence-electron chi connectivity index (χ2n) is 6.36. The number of carbonyl (C=O) groups is 1. The third-order valence-electron chi connectivity index (χ3n) is 4.36. The molecule has 3 aromatic rings. The topological polar surface area (TPSA) is 88.8 Å². The van der Waals surface area contributed by atoms with Gasteiger partial charge in [-0.2, -0.15) is 5.11 Å². The number of ether oxygens (including phenoxy) is 1. The number of H-pyrrole nitrogens is 1. The third kappa shape index (κ3) is 4.25. The molecule has 0 saturated carbocycles. The van der Waals surface area contributed by atoms with Crippen LogP contribution in [0.25, 0.3) is 5.69 Å². The predicted octanol–water partition coefficient (Wildman–Crippen LogP) is 4.90. The molecule has 1 unspecified atom stereocenters. The summed E-state index contributed by atoms with van der Waals surface area (Å²) in [6, 6.07) is 16.6. The van der Waals surface area contributed by atoms with Crippen LogP contribution in [0.1, 0.15) is 37.1 Å². The fraction of sp³-hybridized carbons (Fsp3) is 0.238. The highest BCUT2D eigenvalue weighted by atomic mass is 16.5. The van der Waals surface area contributed by atoms with Crippen LogP contribution in [0.4, 0.5) is 11.4 Å². The number of aromatic nitrogens is 2. The minimum Gasteiger partial charge on any atom is -0.460 e. The van der Waals surface area contributed by atoms with Gasteiger partial charge in [-0.05, 0) is 43.2 Å². The van der Waals surface area contributed by atoms with Crippen molar-refractivity contribution in [1.82, 2.24) is 9.78 Å². The summed E-state index contributed by atoms with van der Waals surface area (Å²) >= 11 is 0. The molecule has 144 valence electrons. The maximum Gasteiger partial charge on any atom is 0.299 e. The molecule has 0 saturated heterocycles. The Hall–Kier alpha value is -3.48. The van der Waals surface area contributed by atoms with Crippen molar-refractivity contribution in [2.75, 3.05) is 0 Å². The van der Waals surface area contributed by atoms with E-state index in [1.54, 1.807) is 19.1 Å². The predicted molar refractivity (Wildman–Crippen MR) is 107 cm³/mol. The average Bonchev–Trinajstić information content (AvgIpc) is 3.01. The van der Waals surface area contributed by atoms with Crippen molar-refractivity contribution in [2.24, 2.45) is 10.2 Å². The summed E-state index contributed by atoms with van der Waals surface area (Å²) in [4.78, 5) is 23.3. The first-order chi connectivity index (χ1) is 13.6. The highest BCUT2D eigenvalue weighted by Crippen LogP contribution is 2.25. The summed E-state index contributed by atoms with van der Waals surface area (Å²) in [6.45, 7) is 4.29. The van der Waals surface area contributed by atoms with Gasteiger partial charge in [0.1, 0.15) is 6.10 Å². The molecule has 1 heterocycles. The van der Waals surface area contributed by atoms with Crippen LogP contribution in [0.2, 0.25) is 0 Å². The molecule has 0 aliphatic heterocycles. The van der Waals surface area contributed by atoms with Crippen LogP contribution >= 0.6 is 0 Å². The van der Waals surface area contributed by atoms with Crippen LogP contribution in [-0.4, -0.2) is 16.3 Å². The smallest absolute Gasteiger partial charge is 0.299 e. The van der Waals surface area contributed by atoms with Crippen LogP contribution in [0, 0.1) is 6.92 Å². The number of para-hydroxylation sites is 1. The molecule has 2 aromatic carbocycles. The summed E-state index contributed by atoms with van der Waals surface area (Å²) in [5, 5.41) is 11.3. The van der Waals surface area contributed by atoms with E-state index in [0.717, 1.165) is 24.1 Å². The van der Waals surface area contributed by atoms with Crippen LogP contribution in [0.15, 0.2) is 69.6 Å². The van der Waals surface area contributed by atoms with E-state index in [9.17, 15) is 9.59 Å². The summed E-state index contributed by atoms with van der Waals surface area (Å²) in [6.07, 6.45) is 1.39. The van der Waals surface area contributed by atoms with Gasteiger partial charge in [0.05, 0.1) is 17.1 Å². The minimum atomic E-state index is -0.265. The Balaban J connectivity index is 1.82. The largest absolute Gasteiger partial charge is 0.460 e. The number of rotatable bonds is 8. The molecule has 1 aromatic heterocycles. The SMILES string of the molecule is CCCC(OC=O)c1ccc(N=Nc2c(C)[nH]n(-c3ccccc3)c2=O)cc1. The van der Waals surface area contributed by atoms with Crippen LogP contribution in [0.3, 0.4) is 0 Å². The van der Waals surface area contributed by atoms with Crippen molar-refractivity contribution in [3.63, 3.8) is 0 Å². The molecule has 3 rings (SSSR count). The first-order valence-corrected chi connectivity index (χ1v) is 9.12. The van der Waals surface area contributed by atoms with Crippen molar-refractivity contribution in [2.45, 2.75) is 32.8 Å². The molecule has 0 aliphatic rings. The van der Waals surface area contributed by atoms with Crippen molar-refractivity contribution in [1.29, 1.82) is 0 Å². The average molecular weight is 378 g/mol. The normalized spacial score (nSPS) is 12.2. The zero-order chi connectivity index (χ0) is 19.9. The molecular weight excluding hydrogens is 356 g/mol. The minimum absolute atomic E-state index is 0.258. The van der Waals surface area contributed by atoms with Crippen molar-refractivity contribution in [3.05, 3.63) is 76.2 Å². The highest BCUT2D eigenvalue weighted by Gasteiger charge is 2.13. The highest BCUT2D eigenvalue weighted by molar-refractivity contribution is 5.45. The molecule has 0 bridgehead atoms. The first-order valence-electron chi connectivity index (χ1n) is 9.12. The number of azo groups is 1. The van der Waals surface area contributed by atoms with E-state index in [1.807, 2.05) is 49.4 Å². The van der Waals surface area contributed by atoms with E-state index in [1.165, 1.54) is 4.68 Å². The lowest BCUT2D eigenvalue weighted by Crippen LogP contribution is -2.13. The first kappa shape index (κ1) is 19.3. The fourth-order valence-electron chi connectivity index (χ4n) is 2.92. The monoisotopic (exact) mass is 378 g/mol. The number of hydrogen-bond acceptors (Lipinski definition) is 5. The molecule has 1 N–H and O–H groups in total. The lowest BCUT2D eigenvalue weighted by atomic mass is 10.0. The molecule has 0 amide bonds. The second kappa shape index (κ2) is 8.94. The Morgan fingerprint density at radius 2 is 1.82 bits per heavy atom. The Bertz CT molecular complexity index is 1000. The lowest BCUT2D eigenvalue weighted by molar-refractivity contribution is -0.134. The fourth-order valence-corrected chi connectivity index (χ4v) is 2.92. The number of aryl methyl sites for hydroxylation is 1. The van der Waals surface area contributed by atoms with Crippen molar-refractivity contribution in [3.8, 4) is 5.69 Å². The maximum absolute atomic E-state index is 12.6. The number of carbonyl (C=O) groups excluding carboxylic acids is 1. The van der Waals surface area contributed by atoms with E-state index < -0.39 is 0 Å². The number of nitrogens with zero attached hydrogens (tertiary/aromatic N) is 3. The van der Waals surface area contributed by atoms with Gasteiger partial charge in [-0.3, -0.25) is 14.7 Å². The van der Waals surface area contributed by atoms with Crippen molar-refractivity contribution >= 4 is 17.8 Å². The third-order valence-corrected chi connectivity index (χ3v) is 4.36. The van der Waals surface area contributed by atoms with Crippen LogP contribution in [0.5, 0.6) is 0 Å². The molecule has 7 heteroatoms. The van der Waals surface area contributed by atoms with Gasteiger partial charge in [0.15, 0.2) is 5.69 Å². The van der Waals surface area contributed by atoms with E-state index in [0.29, 0.717) is 17.9 Å². The zero-order valence-electron chi connectivity index (χ0n) is 15.8.